The summed E-state index contributed by atoms with van der Waals surface area (Å²) in [5.74, 6) is 0.544. The number of hydrogen-bond donors (Lipinski definition) is 1. The van der Waals surface area contributed by atoms with Crippen LogP contribution in [0.5, 0.6) is 5.75 Å². The molecule has 2 aromatic rings. The summed E-state index contributed by atoms with van der Waals surface area (Å²) < 4.78 is 15.9. The number of hydrogen-bond acceptors (Lipinski definition) is 5. The molecule has 1 fully saturated rings. The number of para-hydroxylation sites is 1. The topological polar surface area (TPSA) is 76.7 Å². The summed E-state index contributed by atoms with van der Waals surface area (Å²) in [5.41, 5.74) is 0.711. The van der Waals surface area contributed by atoms with Crippen molar-refractivity contribution in [3.05, 3.63) is 23.9 Å². The van der Waals surface area contributed by atoms with E-state index in [1.807, 2.05) is 18.2 Å². The molecule has 0 aliphatic carbocycles. The first kappa shape index (κ1) is 15.8. The molecule has 1 N–H and O–H groups in total. The van der Waals surface area contributed by atoms with Gasteiger partial charge in [-0.15, -0.1) is 0 Å². The van der Waals surface area contributed by atoms with Crippen molar-refractivity contribution in [2.24, 2.45) is 0 Å². The van der Waals surface area contributed by atoms with E-state index in [0.717, 1.165) is 17.3 Å². The zero-order chi connectivity index (χ0) is 16.4. The number of carbonyl (C=O) groups excluding carboxylic acids is 1. The lowest BCUT2D eigenvalue weighted by Crippen LogP contribution is -2.66. The van der Waals surface area contributed by atoms with Gasteiger partial charge in [-0.25, -0.2) is 0 Å². The number of nitrogens with one attached hydrogen (secondary N) is 1. The van der Waals surface area contributed by atoms with Gasteiger partial charge in [0.2, 0.25) is 0 Å². The lowest BCUT2D eigenvalue weighted by molar-refractivity contribution is -0.0817. The van der Waals surface area contributed by atoms with Crippen molar-refractivity contribution in [2.75, 3.05) is 41.1 Å². The van der Waals surface area contributed by atoms with Gasteiger partial charge < -0.3 is 19.1 Å². The summed E-state index contributed by atoms with van der Waals surface area (Å²) in [6, 6.07) is 5.54. The van der Waals surface area contributed by atoms with Crippen LogP contribution in [0.25, 0.3) is 10.9 Å². The molecule has 1 amide bonds. The van der Waals surface area contributed by atoms with Gasteiger partial charge in [-0.05, 0) is 12.5 Å². The Balaban J connectivity index is 1.94. The molecule has 3 rings (SSSR count). The predicted molar refractivity (Wildman–Crippen MR) is 84.8 cm³/mol. The standard InChI is InChI=1S/C16H21N3O4/c1-21-9-16(10-22-2)7-8-19(16)15(20)14-11-5-4-6-12(23-3)13(11)17-18-14/h4-6H,7-10H2,1-3H3,(H,17,18). The largest absolute Gasteiger partial charge is 0.494 e. The van der Waals surface area contributed by atoms with Crippen molar-refractivity contribution in [2.45, 2.75) is 12.0 Å². The summed E-state index contributed by atoms with van der Waals surface area (Å²) in [6.45, 7) is 1.56. The summed E-state index contributed by atoms with van der Waals surface area (Å²) >= 11 is 0. The summed E-state index contributed by atoms with van der Waals surface area (Å²) in [6.07, 6.45) is 0.853. The van der Waals surface area contributed by atoms with E-state index in [1.54, 1.807) is 26.2 Å². The Hall–Kier alpha value is -2.12. The molecule has 0 radical (unpaired) electrons. The highest BCUT2D eigenvalue weighted by atomic mass is 16.5. The average Bonchev–Trinajstić information content (AvgIpc) is 2.97. The van der Waals surface area contributed by atoms with Crippen molar-refractivity contribution < 1.29 is 19.0 Å². The van der Waals surface area contributed by atoms with Crippen LogP contribution in [-0.2, 0) is 9.47 Å². The maximum Gasteiger partial charge on any atom is 0.275 e. The van der Waals surface area contributed by atoms with E-state index in [9.17, 15) is 4.79 Å². The summed E-state index contributed by atoms with van der Waals surface area (Å²) in [5, 5.41) is 7.87. The Kier molecular flexibility index (Phi) is 4.23. The number of fused-ring (bicyclic) bond motifs is 1. The van der Waals surface area contributed by atoms with E-state index in [4.69, 9.17) is 14.2 Å². The van der Waals surface area contributed by atoms with Crippen molar-refractivity contribution in [1.29, 1.82) is 0 Å². The molecule has 7 heteroatoms. The number of H-pyrrole nitrogens is 1. The van der Waals surface area contributed by atoms with E-state index >= 15 is 0 Å². The Labute approximate surface area is 134 Å². The lowest BCUT2D eigenvalue weighted by Gasteiger charge is -2.51. The normalized spacial score (nSPS) is 16.4. The highest BCUT2D eigenvalue weighted by Crippen LogP contribution is 2.34. The molecule has 1 aliphatic heterocycles. The fourth-order valence-corrected chi connectivity index (χ4v) is 3.21. The molecule has 1 saturated heterocycles. The number of carbonyl (C=O) groups is 1. The molecule has 23 heavy (non-hydrogen) atoms. The highest BCUT2D eigenvalue weighted by molar-refractivity contribution is 6.06. The van der Waals surface area contributed by atoms with E-state index < -0.39 is 5.54 Å². The fourth-order valence-electron chi connectivity index (χ4n) is 3.21. The van der Waals surface area contributed by atoms with Crippen LogP contribution in [0.4, 0.5) is 0 Å². The molecule has 0 saturated carbocycles. The van der Waals surface area contributed by atoms with Gasteiger partial charge in [0.15, 0.2) is 5.69 Å². The van der Waals surface area contributed by atoms with Crippen LogP contribution in [0.1, 0.15) is 16.9 Å². The molecule has 0 atom stereocenters. The Morgan fingerprint density at radius 2 is 2.04 bits per heavy atom. The van der Waals surface area contributed by atoms with E-state index in [1.165, 1.54) is 0 Å². The number of amides is 1. The zero-order valence-corrected chi connectivity index (χ0v) is 13.6. The number of methoxy groups -OCH3 is 3. The SMILES string of the molecule is COCC1(COC)CCN1C(=O)c1n[nH]c2c(OC)cccc12. The van der Waals surface area contributed by atoms with Gasteiger partial charge in [0.1, 0.15) is 11.3 Å². The number of rotatable bonds is 6. The quantitative estimate of drug-likeness (QED) is 0.872. The van der Waals surface area contributed by atoms with Crippen molar-refractivity contribution in [3.63, 3.8) is 0 Å². The highest BCUT2D eigenvalue weighted by Gasteiger charge is 2.48. The van der Waals surface area contributed by atoms with Gasteiger partial charge in [-0.2, -0.15) is 5.10 Å². The first-order valence-corrected chi connectivity index (χ1v) is 7.48. The van der Waals surface area contributed by atoms with Gasteiger partial charge in [0, 0.05) is 26.2 Å². The minimum absolute atomic E-state index is 0.121. The van der Waals surface area contributed by atoms with Crippen LogP contribution in [0.15, 0.2) is 18.2 Å². The number of likely N-dealkylation sites (tertiary alicyclic amines) is 1. The third kappa shape index (κ3) is 2.46. The second kappa shape index (κ2) is 6.17. The molecule has 124 valence electrons. The minimum Gasteiger partial charge on any atom is -0.494 e. The minimum atomic E-state index is -0.412. The van der Waals surface area contributed by atoms with E-state index in [-0.39, 0.29) is 5.91 Å². The molecule has 1 aromatic heterocycles. The van der Waals surface area contributed by atoms with Crippen LogP contribution in [0.3, 0.4) is 0 Å². The number of benzene rings is 1. The van der Waals surface area contributed by atoms with Crippen LogP contribution >= 0.6 is 0 Å². The third-order valence-electron chi connectivity index (χ3n) is 4.43. The van der Waals surface area contributed by atoms with Crippen molar-refractivity contribution in [3.8, 4) is 5.75 Å². The number of aromatic amines is 1. The second-order valence-electron chi connectivity index (χ2n) is 5.75. The van der Waals surface area contributed by atoms with Crippen molar-refractivity contribution in [1.82, 2.24) is 15.1 Å². The average molecular weight is 319 g/mol. The monoisotopic (exact) mass is 319 g/mol. The van der Waals surface area contributed by atoms with E-state index in [2.05, 4.69) is 10.2 Å². The first-order chi connectivity index (χ1) is 11.2. The smallest absolute Gasteiger partial charge is 0.275 e. The summed E-state index contributed by atoms with van der Waals surface area (Å²) in [4.78, 5) is 14.7. The maximum atomic E-state index is 13.0. The van der Waals surface area contributed by atoms with E-state index in [0.29, 0.717) is 31.2 Å². The number of nitrogens with zero attached hydrogens (tertiary/aromatic N) is 2. The molecule has 1 aliphatic rings. The molecule has 0 bridgehead atoms. The van der Waals surface area contributed by atoms with Crippen molar-refractivity contribution >= 4 is 16.8 Å². The molecule has 2 heterocycles. The molecule has 1 aromatic carbocycles. The van der Waals surface area contributed by atoms with Crippen LogP contribution in [0.2, 0.25) is 0 Å². The Morgan fingerprint density at radius 1 is 1.30 bits per heavy atom. The maximum absolute atomic E-state index is 13.0. The Bertz CT molecular complexity index is 706. The third-order valence-corrected chi connectivity index (χ3v) is 4.43. The fraction of sp³-hybridized carbons (Fsp3) is 0.500. The number of aromatic nitrogens is 2. The number of ether oxygens (including phenoxy) is 3. The molecule has 0 spiro atoms. The van der Waals surface area contributed by atoms with Gasteiger partial charge in [-0.3, -0.25) is 9.89 Å². The van der Waals surface area contributed by atoms with Gasteiger partial charge in [0.05, 0.1) is 25.9 Å². The Morgan fingerprint density at radius 3 is 2.61 bits per heavy atom. The molecular formula is C16H21N3O4. The first-order valence-electron chi connectivity index (χ1n) is 7.48. The van der Waals surface area contributed by atoms with Gasteiger partial charge in [0.25, 0.3) is 5.91 Å². The van der Waals surface area contributed by atoms with Crippen LogP contribution in [0, 0.1) is 0 Å². The lowest BCUT2D eigenvalue weighted by atomic mass is 9.85. The second-order valence-corrected chi connectivity index (χ2v) is 5.75. The molecular weight excluding hydrogens is 298 g/mol. The predicted octanol–water partition coefficient (Wildman–Crippen LogP) is 1.45. The molecule has 0 unspecified atom stereocenters. The van der Waals surface area contributed by atoms with Gasteiger partial charge >= 0.3 is 0 Å². The molecule has 7 nitrogen and oxygen atoms in total. The van der Waals surface area contributed by atoms with Crippen LogP contribution in [-0.4, -0.2) is 67.6 Å². The zero-order valence-electron chi connectivity index (χ0n) is 13.6. The van der Waals surface area contributed by atoms with Crippen LogP contribution < -0.4 is 4.74 Å². The summed E-state index contributed by atoms with van der Waals surface area (Å²) in [7, 11) is 4.86. The van der Waals surface area contributed by atoms with Gasteiger partial charge in [-0.1, -0.05) is 12.1 Å².